The molecule has 1 N–H and O–H groups in total. The Kier molecular flexibility index (Phi) is 3.94. The van der Waals surface area contributed by atoms with Crippen molar-refractivity contribution in [2.75, 3.05) is 0 Å². The van der Waals surface area contributed by atoms with E-state index in [0.29, 0.717) is 12.1 Å². The first-order chi connectivity index (χ1) is 6.65. The first kappa shape index (κ1) is 11.0. The van der Waals surface area contributed by atoms with Crippen molar-refractivity contribution in [3.8, 4) is 12.3 Å². The zero-order chi connectivity index (χ0) is 10.6. The second kappa shape index (κ2) is 4.99. The highest BCUT2D eigenvalue weighted by molar-refractivity contribution is 6.30. The lowest BCUT2D eigenvalue weighted by molar-refractivity contribution is 0.578. The van der Waals surface area contributed by atoms with Gasteiger partial charge in [-0.3, -0.25) is 5.32 Å². The third kappa shape index (κ3) is 2.73. The fourth-order valence-electron chi connectivity index (χ4n) is 1.01. The fraction of sp³-hybridized carbons (Fsp3) is 0.273. The van der Waals surface area contributed by atoms with Crippen molar-refractivity contribution in [1.29, 1.82) is 0 Å². The number of hydrogen-bond donors (Lipinski definition) is 1. The Morgan fingerprint density at radius 3 is 3.00 bits per heavy atom. The van der Waals surface area contributed by atoms with Crippen LogP contribution in [0, 0.1) is 18.2 Å². The van der Waals surface area contributed by atoms with Crippen molar-refractivity contribution in [3.63, 3.8) is 0 Å². The molecule has 0 spiro atoms. The predicted molar refractivity (Wildman–Crippen MR) is 56.5 cm³/mol. The lowest BCUT2D eigenvalue weighted by Gasteiger charge is -2.08. The minimum absolute atomic E-state index is 0.0756. The van der Waals surface area contributed by atoms with Crippen LogP contribution < -0.4 is 5.32 Å². The summed E-state index contributed by atoms with van der Waals surface area (Å²) in [6.45, 7) is 2.22. The molecule has 0 radical (unpaired) electrons. The molecule has 0 aromatic heterocycles. The second-order valence-corrected chi connectivity index (χ2v) is 3.39. The van der Waals surface area contributed by atoms with Gasteiger partial charge in [0.15, 0.2) is 0 Å². The molecule has 1 atom stereocenters. The number of benzene rings is 1. The molecule has 14 heavy (non-hydrogen) atoms. The fourth-order valence-corrected chi connectivity index (χ4v) is 1.20. The molecule has 1 aromatic rings. The van der Waals surface area contributed by atoms with Gasteiger partial charge in [0.05, 0.1) is 11.1 Å². The second-order valence-electron chi connectivity index (χ2n) is 2.98. The van der Waals surface area contributed by atoms with Gasteiger partial charge in [0, 0.05) is 12.1 Å². The third-order valence-electron chi connectivity index (χ3n) is 1.88. The molecule has 0 saturated heterocycles. The third-order valence-corrected chi connectivity index (χ3v) is 2.17. The van der Waals surface area contributed by atoms with Gasteiger partial charge in [-0.25, -0.2) is 4.39 Å². The molecule has 1 unspecified atom stereocenters. The van der Waals surface area contributed by atoms with Crippen molar-refractivity contribution in [1.82, 2.24) is 5.32 Å². The van der Waals surface area contributed by atoms with Crippen molar-refractivity contribution in [2.24, 2.45) is 0 Å². The molecule has 0 fully saturated rings. The maximum absolute atomic E-state index is 13.3. The number of halogens is 2. The van der Waals surface area contributed by atoms with Crippen LogP contribution in [-0.2, 0) is 6.54 Å². The molecule has 0 aliphatic carbocycles. The molecule has 1 rings (SSSR count). The average Bonchev–Trinajstić information content (AvgIpc) is 2.20. The molecule has 0 aliphatic heterocycles. The number of rotatable bonds is 3. The van der Waals surface area contributed by atoms with E-state index in [9.17, 15) is 4.39 Å². The smallest absolute Gasteiger partial charge is 0.146 e. The minimum atomic E-state index is -0.383. The van der Waals surface area contributed by atoms with Crippen LogP contribution >= 0.6 is 11.6 Å². The Morgan fingerprint density at radius 2 is 2.36 bits per heavy atom. The van der Waals surface area contributed by atoms with Crippen LogP contribution in [0.2, 0.25) is 5.02 Å². The highest BCUT2D eigenvalue weighted by atomic mass is 35.5. The van der Waals surface area contributed by atoms with Gasteiger partial charge >= 0.3 is 0 Å². The Balaban J connectivity index is 2.69. The number of nitrogens with one attached hydrogen (secondary N) is 1. The molecule has 0 saturated carbocycles. The first-order valence-electron chi connectivity index (χ1n) is 4.27. The molecule has 0 amide bonds. The summed E-state index contributed by atoms with van der Waals surface area (Å²) >= 11 is 5.62. The van der Waals surface area contributed by atoms with E-state index in [0.717, 1.165) is 0 Å². The average molecular weight is 212 g/mol. The first-order valence-corrected chi connectivity index (χ1v) is 4.65. The zero-order valence-electron chi connectivity index (χ0n) is 7.85. The van der Waals surface area contributed by atoms with Crippen LogP contribution in [-0.4, -0.2) is 6.04 Å². The van der Waals surface area contributed by atoms with E-state index in [1.807, 2.05) is 6.92 Å². The van der Waals surface area contributed by atoms with Crippen LogP contribution in [0.5, 0.6) is 0 Å². The van der Waals surface area contributed by atoms with Crippen LogP contribution in [0.25, 0.3) is 0 Å². The summed E-state index contributed by atoms with van der Waals surface area (Å²) in [6.07, 6.45) is 5.17. The standard InChI is InChI=1S/C11H11ClFN/c1-3-8(2)14-7-9-5-4-6-10(12)11(9)13/h1,4-6,8,14H,7H2,2H3. The molecule has 0 aliphatic rings. The summed E-state index contributed by atoms with van der Waals surface area (Å²) in [4.78, 5) is 0. The Bertz CT molecular complexity index is 357. The van der Waals surface area contributed by atoms with Gasteiger partial charge in [-0.05, 0) is 13.0 Å². The van der Waals surface area contributed by atoms with Crippen LogP contribution in [0.1, 0.15) is 12.5 Å². The maximum atomic E-state index is 13.3. The van der Waals surface area contributed by atoms with E-state index in [4.69, 9.17) is 18.0 Å². The Hall–Kier alpha value is -1.04. The van der Waals surface area contributed by atoms with Crippen molar-refractivity contribution < 1.29 is 4.39 Å². The molecular formula is C11H11ClFN. The maximum Gasteiger partial charge on any atom is 0.146 e. The van der Waals surface area contributed by atoms with Crippen molar-refractivity contribution in [3.05, 3.63) is 34.6 Å². The molecule has 0 heterocycles. The van der Waals surface area contributed by atoms with Gasteiger partial charge in [0.25, 0.3) is 0 Å². The van der Waals surface area contributed by atoms with E-state index in [1.54, 1.807) is 12.1 Å². The number of hydrogen-bond acceptors (Lipinski definition) is 1. The topological polar surface area (TPSA) is 12.0 Å². The molecule has 1 nitrogen and oxygen atoms in total. The van der Waals surface area contributed by atoms with Gasteiger partial charge in [0.1, 0.15) is 5.82 Å². The zero-order valence-corrected chi connectivity index (χ0v) is 8.61. The molecule has 3 heteroatoms. The Morgan fingerprint density at radius 1 is 1.64 bits per heavy atom. The van der Waals surface area contributed by atoms with E-state index < -0.39 is 0 Å². The monoisotopic (exact) mass is 211 g/mol. The normalized spacial score (nSPS) is 12.1. The molecule has 1 aromatic carbocycles. The van der Waals surface area contributed by atoms with E-state index in [1.165, 1.54) is 6.07 Å². The molecular weight excluding hydrogens is 201 g/mol. The highest BCUT2D eigenvalue weighted by Gasteiger charge is 2.06. The van der Waals surface area contributed by atoms with E-state index in [-0.39, 0.29) is 16.9 Å². The highest BCUT2D eigenvalue weighted by Crippen LogP contribution is 2.17. The van der Waals surface area contributed by atoms with Crippen molar-refractivity contribution >= 4 is 11.6 Å². The van der Waals surface area contributed by atoms with E-state index >= 15 is 0 Å². The Labute approximate surface area is 88.3 Å². The van der Waals surface area contributed by atoms with Gasteiger partial charge < -0.3 is 0 Å². The summed E-state index contributed by atoms with van der Waals surface area (Å²) < 4.78 is 13.3. The van der Waals surface area contributed by atoms with Crippen LogP contribution in [0.4, 0.5) is 4.39 Å². The summed E-state index contributed by atoms with van der Waals surface area (Å²) in [6, 6.07) is 4.83. The van der Waals surface area contributed by atoms with Crippen LogP contribution in [0.3, 0.4) is 0 Å². The lowest BCUT2D eigenvalue weighted by Crippen LogP contribution is -2.24. The van der Waals surface area contributed by atoms with Gasteiger partial charge in [-0.2, -0.15) is 0 Å². The quantitative estimate of drug-likeness (QED) is 0.758. The van der Waals surface area contributed by atoms with Gasteiger partial charge in [-0.15, -0.1) is 6.42 Å². The van der Waals surface area contributed by atoms with E-state index in [2.05, 4.69) is 11.2 Å². The number of terminal acetylenes is 1. The summed E-state index contributed by atoms with van der Waals surface area (Å²) in [7, 11) is 0. The molecule has 74 valence electrons. The van der Waals surface area contributed by atoms with Crippen molar-refractivity contribution in [2.45, 2.75) is 19.5 Å². The molecule has 0 bridgehead atoms. The summed E-state index contributed by atoms with van der Waals surface area (Å²) in [5.74, 6) is 2.12. The van der Waals surface area contributed by atoms with Crippen LogP contribution in [0.15, 0.2) is 18.2 Å². The summed E-state index contributed by atoms with van der Waals surface area (Å²) in [5.41, 5.74) is 0.527. The largest absolute Gasteiger partial charge is 0.300 e. The minimum Gasteiger partial charge on any atom is -0.300 e. The lowest BCUT2D eigenvalue weighted by atomic mass is 10.2. The predicted octanol–water partition coefficient (Wildman–Crippen LogP) is 2.59. The van der Waals surface area contributed by atoms with Gasteiger partial charge in [0.2, 0.25) is 0 Å². The van der Waals surface area contributed by atoms with Gasteiger partial charge in [-0.1, -0.05) is 29.7 Å². The summed E-state index contributed by atoms with van der Waals surface area (Å²) in [5, 5.41) is 3.12. The SMILES string of the molecule is C#CC(C)NCc1cccc(Cl)c1F.